The number of nitrogens with one attached hydrogen (secondary N) is 3. The third-order valence-electron chi connectivity index (χ3n) is 6.59. The predicted molar refractivity (Wildman–Crippen MR) is 138 cm³/mol. The lowest BCUT2D eigenvalue weighted by atomic mass is 10.0. The SMILES string of the molecule is CO[C@@H]1C([C@H](O[C@@H]2OC(C(=O)N[C@@H]3CSC[C@@H](C)NC3=O)=C[C@@H](O)[C@@H]2O)C(N)=O)O[C@@H](n2ccc(=O)[nH]c2=O)[C@@H]1O. The Kier molecular flexibility index (Phi) is 9.52. The van der Waals surface area contributed by atoms with Gasteiger partial charge in [0.15, 0.2) is 18.1 Å². The van der Waals surface area contributed by atoms with E-state index in [0.717, 1.165) is 22.9 Å². The van der Waals surface area contributed by atoms with Gasteiger partial charge in [0, 0.05) is 36.9 Å². The molecule has 0 spiro atoms. The van der Waals surface area contributed by atoms with E-state index in [1.54, 1.807) is 0 Å². The number of aliphatic hydroxyl groups is 3. The Hall–Kier alpha value is -3.26. The van der Waals surface area contributed by atoms with Gasteiger partial charge in [-0.05, 0) is 13.0 Å². The molecule has 41 heavy (non-hydrogen) atoms. The number of nitrogens with two attached hydrogens (primary N) is 1. The Morgan fingerprint density at radius 3 is 2.61 bits per heavy atom. The summed E-state index contributed by atoms with van der Waals surface area (Å²) in [6.45, 7) is 1.82. The highest BCUT2D eigenvalue weighted by atomic mass is 32.2. The van der Waals surface area contributed by atoms with E-state index in [2.05, 4.69) is 10.6 Å². The van der Waals surface area contributed by atoms with Crippen LogP contribution in [0.15, 0.2) is 33.7 Å². The van der Waals surface area contributed by atoms with Gasteiger partial charge in [0.05, 0.1) is 0 Å². The lowest BCUT2D eigenvalue weighted by molar-refractivity contribution is -0.241. The van der Waals surface area contributed by atoms with Gasteiger partial charge in [0.25, 0.3) is 11.5 Å². The number of H-pyrrole nitrogens is 1. The van der Waals surface area contributed by atoms with Crippen LogP contribution in [0, 0.1) is 0 Å². The zero-order valence-corrected chi connectivity index (χ0v) is 22.7. The first-order valence-electron chi connectivity index (χ1n) is 12.5. The van der Waals surface area contributed by atoms with Gasteiger partial charge in [-0.25, -0.2) is 4.79 Å². The molecule has 3 aliphatic rings. The lowest BCUT2D eigenvalue weighted by Crippen LogP contribution is -2.54. The molecule has 1 unspecified atom stereocenters. The molecule has 17 nitrogen and oxygen atoms in total. The molecule has 2 saturated heterocycles. The summed E-state index contributed by atoms with van der Waals surface area (Å²) in [4.78, 5) is 63.5. The molecule has 1 aromatic heterocycles. The normalized spacial score (nSPS) is 34.5. The van der Waals surface area contributed by atoms with E-state index in [0.29, 0.717) is 5.75 Å². The molecular weight excluding hydrogens is 570 g/mol. The van der Waals surface area contributed by atoms with Crippen LogP contribution in [0.1, 0.15) is 13.2 Å². The van der Waals surface area contributed by atoms with Gasteiger partial charge >= 0.3 is 5.69 Å². The molecule has 8 N–H and O–H groups in total. The first-order chi connectivity index (χ1) is 19.4. The van der Waals surface area contributed by atoms with Crippen molar-refractivity contribution in [1.29, 1.82) is 0 Å². The standard InChI is InChI=1S/C23H31N5O12S/c1-8-6-41-7-9(19(34)25-8)26-20(35)11-5-10(29)13(31)22(38-11)40-17(18(24)33)16-15(37-2)14(32)21(39-16)28-4-3-12(30)27-23(28)36/h3-5,8-10,13-17,21-22,29,31-32H,6-7H2,1-2H3,(H2,24,33)(H,25,34)(H,26,35)(H,27,30,36)/t8-,9-,10-,13+,14-,15+,16?,17+,21-,22+/m1/s1. The molecule has 0 radical (unpaired) electrons. The van der Waals surface area contributed by atoms with Crippen LogP contribution in [0.5, 0.6) is 0 Å². The largest absolute Gasteiger partial charge is 0.456 e. The van der Waals surface area contributed by atoms with Gasteiger partial charge in [-0.2, -0.15) is 11.8 Å². The zero-order chi connectivity index (χ0) is 30.0. The Morgan fingerprint density at radius 1 is 1.22 bits per heavy atom. The maximum atomic E-state index is 12.9. The smallest absolute Gasteiger partial charge is 0.330 e. The van der Waals surface area contributed by atoms with Gasteiger partial charge in [-0.1, -0.05) is 0 Å². The number of carbonyl (C=O) groups is 3. The van der Waals surface area contributed by atoms with Crippen molar-refractivity contribution in [3.05, 3.63) is 44.9 Å². The number of aromatic amines is 1. The molecule has 0 saturated carbocycles. The second kappa shape index (κ2) is 12.7. The van der Waals surface area contributed by atoms with Crippen LogP contribution >= 0.6 is 11.8 Å². The van der Waals surface area contributed by atoms with Crippen LogP contribution in [0.2, 0.25) is 0 Å². The van der Waals surface area contributed by atoms with Crippen LogP contribution in [0.4, 0.5) is 0 Å². The van der Waals surface area contributed by atoms with Crippen molar-refractivity contribution in [2.75, 3.05) is 18.6 Å². The molecule has 2 fully saturated rings. The van der Waals surface area contributed by atoms with Crippen molar-refractivity contribution in [2.24, 2.45) is 5.73 Å². The maximum absolute atomic E-state index is 12.9. The van der Waals surface area contributed by atoms with Gasteiger partial charge in [-0.15, -0.1) is 0 Å². The highest BCUT2D eigenvalue weighted by molar-refractivity contribution is 7.99. The number of ether oxygens (including phenoxy) is 4. The quantitative estimate of drug-likeness (QED) is 0.148. The average Bonchev–Trinajstić information content (AvgIpc) is 3.14. The fourth-order valence-corrected chi connectivity index (χ4v) is 5.59. The second-order valence-corrected chi connectivity index (χ2v) is 10.7. The van der Waals surface area contributed by atoms with Gasteiger partial charge in [-0.3, -0.25) is 28.7 Å². The van der Waals surface area contributed by atoms with E-state index < -0.39 is 89.9 Å². The number of aliphatic hydroxyl groups excluding tert-OH is 3. The van der Waals surface area contributed by atoms with E-state index in [4.69, 9.17) is 24.7 Å². The lowest BCUT2D eigenvalue weighted by Gasteiger charge is -2.35. The summed E-state index contributed by atoms with van der Waals surface area (Å²) >= 11 is 1.45. The Morgan fingerprint density at radius 2 is 1.95 bits per heavy atom. The average molecular weight is 602 g/mol. The second-order valence-electron chi connectivity index (χ2n) is 9.63. The number of hydrogen-bond acceptors (Lipinski definition) is 13. The number of hydrogen-bond donors (Lipinski definition) is 7. The van der Waals surface area contributed by atoms with Gasteiger partial charge in [0.1, 0.15) is 36.6 Å². The highest BCUT2D eigenvalue weighted by Gasteiger charge is 2.52. The van der Waals surface area contributed by atoms with E-state index in [1.165, 1.54) is 18.9 Å². The molecule has 3 amide bonds. The summed E-state index contributed by atoms with van der Waals surface area (Å²) in [5.41, 5.74) is 3.92. The fraction of sp³-hybridized carbons (Fsp3) is 0.609. The summed E-state index contributed by atoms with van der Waals surface area (Å²) in [6, 6.07) is 0.00146. The number of aromatic nitrogens is 2. The minimum atomic E-state index is -1.85. The first-order valence-corrected chi connectivity index (χ1v) is 13.6. The molecule has 226 valence electrons. The van der Waals surface area contributed by atoms with Crippen molar-refractivity contribution in [3.8, 4) is 0 Å². The summed E-state index contributed by atoms with van der Waals surface area (Å²) in [5, 5.41) is 36.9. The van der Waals surface area contributed by atoms with Crippen molar-refractivity contribution in [2.45, 2.75) is 68.1 Å². The van der Waals surface area contributed by atoms with Crippen molar-refractivity contribution >= 4 is 29.5 Å². The molecule has 1 aromatic rings. The number of primary amides is 1. The number of thioether (sulfide) groups is 1. The molecule has 4 heterocycles. The first kappa shape index (κ1) is 30.7. The van der Waals surface area contributed by atoms with Gasteiger partial charge < -0.3 is 50.6 Å². The number of methoxy groups -OCH3 is 1. The molecular formula is C23H31N5O12S. The maximum Gasteiger partial charge on any atom is 0.330 e. The highest BCUT2D eigenvalue weighted by Crippen LogP contribution is 2.34. The molecule has 3 aliphatic heterocycles. The van der Waals surface area contributed by atoms with Crippen LogP contribution in [-0.2, 0) is 33.3 Å². The van der Waals surface area contributed by atoms with Crippen LogP contribution in [-0.4, -0.2) is 116 Å². The minimum Gasteiger partial charge on any atom is -0.456 e. The molecule has 10 atom stereocenters. The number of nitrogens with zero attached hydrogens (tertiary/aromatic N) is 1. The topological polar surface area (TPSA) is 254 Å². The van der Waals surface area contributed by atoms with E-state index in [1.807, 2.05) is 11.9 Å². The molecule has 0 aromatic carbocycles. The minimum absolute atomic E-state index is 0.102. The third-order valence-corrected chi connectivity index (χ3v) is 7.89. The predicted octanol–water partition coefficient (Wildman–Crippen LogP) is -4.62. The molecule has 18 heteroatoms. The summed E-state index contributed by atoms with van der Waals surface area (Å²) < 4.78 is 22.9. The molecule has 0 aliphatic carbocycles. The van der Waals surface area contributed by atoms with E-state index >= 15 is 0 Å². The number of carbonyl (C=O) groups excluding carboxylic acids is 3. The van der Waals surface area contributed by atoms with Crippen LogP contribution < -0.4 is 27.6 Å². The summed E-state index contributed by atoms with van der Waals surface area (Å²) in [7, 11) is 1.18. The van der Waals surface area contributed by atoms with E-state index in [-0.39, 0.29) is 11.8 Å². The monoisotopic (exact) mass is 601 g/mol. The zero-order valence-electron chi connectivity index (χ0n) is 21.9. The van der Waals surface area contributed by atoms with Crippen molar-refractivity contribution < 1.29 is 48.7 Å². The summed E-state index contributed by atoms with van der Waals surface area (Å²) in [5.74, 6) is -2.04. The number of rotatable bonds is 8. The fourth-order valence-electron chi connectivity index (χ4n) is 4.55. The van der Waals surface area contributed by atoms with Crippen LogP contribution in [0.3, 0.4) is 0 Å². The van der Waals surface area contributed by atoms with Crippen molar-refractivity contribution in [3.63, 3.8) is 0 Å². The Bertz CT molecular complexity index is 1300. The Balaban J connectivity index is 1.51. The Labute approximate surface area is 236 Å². The van der Waals surface area contributed by atoms with Gasteiger partial charge in [0.2, 0.25) is 18.1 Å². The van der Waals surface area contributed by atoms with E-state index in [9.17, 15) is 39.3 Å². The summed E-state index contributed by atoms with van der Waals surface area (Å²) in [6.07, 6.45) is -11.0. The molecule has 4 rings (SSSR count). The molecule has 0 bridgehead atoms. The van der Waals surface area contributed by atoms with Crippen molar-refractivity contribution in [1.82, 2.24) is 20.2 Å². The third kappa shape index (κ3) is 6.64. The van der Waals surface area contributed by atoms with Crippen LogP contribution in [0.25, 0.3) is 0 Å². The number of amides is 3.